The Balaban J connectivity index is 2.09. The molecular formula is C24H21NO2. The molecule has 27 heavy (non-hydrogen) atoms. The van der Waals surface area contributed by atoms with Crippen LogP contribution < -0.4 is 0 Å². The highest BCUT2D eigenvalue weighted by Gasteiger charge is 2.21. The van der Waals surface area contributed by atoms with Gasteiger partial charge in [0.1, 0.15) is 17.1 Å². The molecule has 0 unspecified atom stereocenters. The molecule has 0 atom stereocenters. The van der Waals surface area contributed by atoms with E-state index in [-0.39, 0.29) is 11.8 Å². The number of aliphatic imine (C=N–C) groups is 1. The van der Waals surface area contributed by atoms with E-state index in [1.807, 2.05) is 68.4 Å². The summed E-state index contributed by atoms with van der Waals surface area (Å²) in [6.07, 6.45) is 1.75. The lowest BCUT2D eigenvalue weighted by molar-refractivity contribution is 0.475. The van der Waals surface area contributed by atoms with Crippen LogP contribution in [0.5, 0.6) is 5.75 Å². The van der Waals surface area contributed by atoms with Crippen LogP contribution >= 0.6 is 0 Å². The summed E-state index contributed by atoms with van der Waals surface area (Å²) in [5.74, 6) is 0.992. The first-order chi connectivity index (χ1) is 13.1. The van der Waals surface area contributed by atoms with E-state index in [9.17, 15) is 5.11 Å². The number of nitrogens with zero attached hydrogens (tertiary/aromatic N) is 1. The second-order valence-corrected chi connectivity index (χ2v) is 6.78. The number of phenols is 1. The number of fused-ring (bicyclic) bond motifs is 1. The van der Waals surface area contributed by atoms with Gasteiger partial charge in [-0.1, -0.05) is 60.7 Å². The minimum absolute atomic E-state index is 0.139. The van der Waals surface area contributed by atoms with E-state index >= 15 is 0 Å². The third kappa shape index (κ3) is 3.24. The highest BCUT2D eigenvalue weighted by Crippen LogP contribution is 2.43. The van der Waals surface area contributed by atoms with Crippen molar-refractivity contribution in [2.45, 2.75) is 19.9 Å². The Labute approximate surface area is 158 Å². The summed E-state index contributed by atoms with van der Waals surface area (Å²) >= 11 is 0. The van der Waals surface area contributed by atoms with Gasteiger partial charge in [-0.05, 0) is 31.5 Å². The molecule has 1 N–H and O–H groups in total. The van der Waals surface area contributed by atoms with E-state index in [0.29, 0.717) is 5.56 Å². The van der Waals surface area contributed by atoms with Crippen LogP contribution in [0.25, 0.3) is 33.4 Å². The average molecular weight is 355 g/mol. The molecule has 134 valence electrons. The third-order valence-electron chi connectivity index (χ3n) is 4.47. The molecule has 0 spiro atoms. The van der Waals surface area contributed by atoms with E-state index in [0.717, 1.165) is 33.4 Å². The van der Waals surface area contributed by atoms with E-state index in [2.05, 4.69) is 17.1 Å². The van der Waals surface area contributed by atoms with Gasteiger partial charge in [0, 0.05) is 34.3 Å². The van der Waals surface area contributed by atoms with Crippen molar-refractivity contribution in [2.75, 3.05) is 0 Å². The second-order valence-electron chi connectivity index (χ2n) is 6.78. The highest BCUT2D eigenvalue weighted by molar-refractivity contribution is 6.11. The van der Waals surface area contributed by atoms with Gasteiger partial charge in [0.25, 0.3) is 0 Å². The number of phenolic OH excluding ortho intramolecular Hbond substituents is 1. The van der Waals surface area contributed by atoms with Gasteiger partial charge in [0.05, 0.1) is 0 Å². The van der Waals surface area contributed by atoms with Crippen LogP contribution in [0.4, 0.5) is 0 Å². The Morgan fingerprint density at radius 2 is 1.48 bits per heavy atom. The molecule has 0 bridgehead atoms. The van der Waals surface area contributed by atoms with Gasteiger partial charge < -0.3 is 9.52 Å². The first kappa shape index (κ1) is 17.1. The van der Waals surface area contributed by atoms with Crippen LogP contribution in [0.2, 0.25) is 0 Å². The quantitative estimate of drug-likeness (QED) is 0.437. The fourth-order valence-corrected chi connectivity index (χ4v) is 3.23. The van der Waals surface area contributed by atoms with Gasteiger partial charge >= 0.3 is 0 Å². The molecule has 0 radical (unpaired) electrons. The average Bonchev–Trinajstić information content (AvgIpc) is 3.08. The molecule has 0 saturated carbocycles. The van der Waals surface area contributed by atoms with Crippen LogP contribution in [0.1, 0.15) is 19.4 Å². The van der Waals surface area contributed by atoms with Gasteiger partial charge in [-0.2, -0.15) is 0 Å². The lowest BCUT2D eigenvalue weighted by Gasteiger charge is -2.07. The third-order valence-corrected chi connectivity index (χ3v) is 4.47. The first-order valence-electron chi connectivity index (χ1n) is 9.07. The Morgan fingerprint density at radius 3 is 2.11 bits per heavy atom. The van der Waals surface area contributed by atoms with Gasteiger partial charge in [0.2, 0.25) is 0 Å². The second kappa shape index (κ2) is 7.12. The summed E-state index contributed by atoms with van der Waals surface area (Å²) < 4.78 is 6.27. The number of hydrogen-bond donors (Lipinski definition) is 1. The monoisotopic (exact) mass is 355 g/mol. The summed E-state index contributed by atoms with van der Waals surface area (Å²) in [7, 11) is 0. The summed E-state index contributed by atoms with van der Waals surface area (Å²) in [5.41, 5.74) is 4.43. The fraction of sp³-hybridized carbons (Fsp3) is 0.125. The Morgan fingerprint density at radius 1 is 0.852 bits per heavy atom. The number of benzene rings is 3. The van der Waals surface area contributed by atoms with Crippen molar-refractivity contribution in [1.29, 1.82) is 0 Å². The summed E-state index contributed by atoms with van der Waals surface area (Å²) in [6.45, 7) is 4.02. The zero-order chi connectivity index (χ0) is 18.8. The van der Waals surface area contributed by atoms with Crippen molar-refractivity contribution in [3.63, 3.8) is 0 Å². The molecule has 3 nitrogen and oxygen atoms in total. The summed E-state index contributed by atoms with van der Waals surface area (Å²) in [6, 6.07) is 23.8. The lowest BCUT2D eigenvalue weighted by atomic mass is 9.96. The first-order valence-corrected chi connectivity index (χ1v) is 9.07. The number of aromatic hydroxyl groups is 1. The lowest BCUT2D eigenvalue weighted by Crippen LogP contribution is -1.92. The van der Waals surface area contributed by atoms with Gasteiger partial charge in [-0.25, -0.2) is 0 Å². The number of hydrogen-bond acceptors (Lipinski definition) is 3. The van der Waals surface area contributed by atoms with Crippen molar-refractivity contribution >= 4 is 17.2 Å². The maximum Gasteiger partial charge on any atom is 0.143 e. The minimum atomic E-state index is 0.139. The van der Waals surface area contributed by atoms with Crippen molar-refractivity contribution < 1.29 is 9.52 Å². The fourth-order valence-electron chi connectivity index (χ4n) is 3.23. The van der Waals surface area contributed by atoms with Crippen LogP contribution in [0, 0.1) is 0 Å². The molecule has 4 aromatic rings. The molecule has 1 heterocycles. The largest absolute Gasteiger partial charge is 0.507 e. The van der Waals surface area contributed by atoms with Crippen molar-refractivity contribution in [1.82, 2.24) is 0 Å². The molecule has 0 fully saturated rings. The standard InChI is InChI=1S/C24H21NO2/c1-16(2)25-15-19-20(26)13-14-21-23(19)22(17-9-5-3-6-10-17)24(27-21)18-11-7-4-8-12-18/h3-16,26H,1-2H3. The predicted molar refractivity (Wildman–Crippen MR) is 111 cm³/mol. The molecule has 0 aliphatic rings. The van der Waals surface area contributed by atoms with E-state index in [1.165, 1.54) is 0 Å². The minimum Gasteiger partial charge on any atom is -0.507 e. The van der Waals surface area contributed by atoms with Crippen molar-refractivity contribution in [2.24, 2.45) is 4.99 Å². The molecule has 0 saturated heterocycles. The van der Waals surface area contributed by atoms with Crippen LogP contribution in [-0.2, 0) is 0 Å². The molecule has 4 rings (SSSR count). The van der Waals surface area contributed by atoms with Crippen molar-refractivity contribution in [3.8, 4) is 28.2 Å². The molecule has 0 amide bonds. The van der Waals surface area contributed by atoms with Crippen LogP contribution in [-0.4, -0.2) is 17.4 Å². The van der Waals surface area contributed by atoms with E-state index < -0.39 is 0 Å². The molecule has 0 aliphatic carbocycles. The van der Waals surface area contributed by atoms with Crippen LogP contribution in [0.15, 0.2) is 82.2 Å². The highest BCUT2D eigenvalue weighted by atomic mass is 16.3. The molecular weight excluding hydrogens is 334 g/mol. The molecule has 0 aliphatic heterocycles. The maximum atomic E-state index is 10.5. The zero-order valence-electron chi connectivity index (χ0n) is 15.4. The van der Waals surface area contributed by atoms with Crippen LogP contribution in [0.3, 0.4) is 0 Å². The predicted octanol–water partition coefficient (Wildman–Crippen LogP) is 6.30. The van der Waals surface area contributed by atoms with Gasteiger partial charge in [-0.15, -0.1) is 0 Å². The number of furan rings is 1. The Hall–Kier alpha value is -3.33. The normalized spacial score (nSPS) is 11.7. The smallest absolute Gasteiger partial charge is 0.143 e. The van der Waals surface area contributed by atoms with E-state index in [4.69, 9.17) is 4.42 Å². The SMILES string of the molecule is CC(C)N=Cc1c(O)ccc2oc(-c3ccccc3)c(-c3ccccc3)c12. The Kier molecular flexibility index (Phi) is 4.51. The van der Waals surface area contributed by atoms with Gasteiger partial charge in [0.15, 0.2) is 0 Å². The van der Waals surface area contributed by atoms with Gasteiger partial charge in [-0.3, -0.25) is 4.99 Å². The number of rotatable bonds is 4. The molecule has 1 aromatic heterocycles. The summed E-state index contributed by atoms with van der Waals surface area (Å²) in [4.78, 5) is 4.50. The zero-order valence-corrected chi connectivity index (χ0v) is 15.4. The Bertz CT molecular complexity index is 1090. The van der Waals surface area contributed by atoms with E-state index in [1.54, 1.807) is 12.3 Å². The molecule has 3 aromatic carbocycles. The maximum absolute atomic E-state index is 10.5. The summed E-state index contributed by atoms with van der Waals surface area (Å²) in [5, 5.41) is 11.4. The van der Waals surface area contributed by atoms with Crippen molar-refractivity contribution in [3.05, 3.63) is 78.4 Å². The molecule has 3 heteroatoms. The topological polar surface area (TPSA) is 45.7 Å².